The van der Waals surface area contributed by atoms with Crippen LogP contribution >= 0.6 is 11.3 Å². The van der Waals surface area contributed by atoms with E-state index in [9.17, 15) is 4.79 Å². The van der Waals surface area contributed by atoms with Gasteiger partial charge in [0, 0.05) is 41.7 Å². The summed E-state index contributed by atoms with van der Waals surface area (Å²) in [6.45, 7) is 9.68. The summed E-state index contributed by atoms with van der Waals surface area (Å²) in [5.74, 6) is 1.11. The zero-order chi connectivity index (χ0) is 19.0. The highest BCUT2D eigenvalue weighted by molar-refractivity contribution is 7.11. The third-order valence-electron chi connectivity index (χ3n) is 6.23. The monoisotopic (exact) mass is 388 g/mol. The third-order valence-corrected chi connectivity index (χ3v) is 7.13. The summed E-state index contributed by atoms with van der Waals surface area (Å²) in [4.78, 5) is 23.1. The molecule has 0 N–H and O–H groups in total. The molecule has 0 radical (unpaired) electrons. The molecule has 1 amide bonds. The van der Waals surface area contributed by atoms with Gasteiger partial charge in [0.15, 0.2) is 0 Å². The summed E-state index contributed by atoms with van der Waals surface area (Å²) < 4.78 is 5.33. The molecular weight excluding hydrogens is 360 g/mol. The largest absolute Gasteiger partial charge is 0.361 e. The number of aromatic nitrogens is 2. The van der Waals surface area contributed by atoms with E-state index in [2.05, 4.69) is 26.9 Å². The van der Waals surface area contributed by atoms with Crippen molar-refractivity contribution in [3.8, 4) is 0 Å². The lowest BCUT2D eigenvalue weighted by Crippen LogP contribution is -2.46. The fourth-order valence-electron chi connectivity index (χ4n) is 4.63. The zero-order valence-corrected chi connectivity index (χ0v) is 17.3. The maximum Gasteiger partial charge on any atom is 0.223 e. The van der Waals surface area contributed by atoms with Crippen LogP contribution in [0.5, 0.6) is 0 Å². The SMILES string of the molecule is Cc1ncc(CN2CCCC3(CCC(=O)N3Cc3c(C)noc3C)CC2)s1. The van der Waals surface area contributed by atoms with Gasteiger partial charge in [-0.25, -0.2) is 4.98 Å². The van der Waals surface area contributed by atoms with Crippen molar-refractivity contribution in [2.24, 2.45) is 0 Å². The number of aryl methyl sites for hydroxylation is 3. The second-order valence-corrected chi connectivity index (χ2v) is 9.30. The molecule has 2 aliphatic rings. The summed E-state index contributed by atoms with van der Waals surface area (Å²) in [6.07, 6.45) is 6.90. The minimum Gasteiger partial charge on any atom is -0.361 e. The molecule has 1 spiro atoms. The molecule has 4 rings (SSSR count). The lowest BCUT2D eigenvalue weighted by Gasteiger charge is -2.38. The van der Waals surface area contributed by atoms with Crippen molar-refractivity contribution in [1.29, 1.82) is 0 Å². The van der Waals surface area contributed by atoms with E-state index in [1.807, 2.05) is 20.0 Å². The predicted octanol–water partition coefficient (Wildman–Crippen LogP) is 3.60. The van der Waals surface area contributed by atoms with E-state index in [1.54, 1.807) is 11.3 Å². The summed E-state index contributed by atoms with van der Waals surface area (Å²) in [7, 11) is 0. The van der Waals surface area contributed by atoms with Crippen molar-refractivity contribution < 1.29 is 9.32 Å². The van der Waals surface area contributed by atoms with Crippen molar-refractivity contribution in [1.82, 2.24) is 19.9 Å². The van der Waals surface area contributed by atoms with Gasteiger partial charge in [-0.2, -0.15) is 0 Å². The van der Waals surface area contributed by atoms with E-state index in [0.717, 1.165) is 67.3 Å². The van der Waals surface area contributed by atoms with Gasteiger partial charge in [0.25, 0.3) is 0 Å². The molecule has 0 aliphatic carbocycles. The molecule has 0 bridgehead atoms. The molecule has 6 nitrogen and oxygen atoms in total. The predicted molar refractivity (Wildman–Crippen MR) is 104 cm³/mol. The van der Waals surface area contributed by atoms with Gasteiger partial charge in [-0.15, -0.1) is 11.3 Å². The van der Waals surface area contributed by atoms with Gasteiger partial charge in [0.2, 0.25) is 5.91 Å². The van der Waals surface area contributed by atoms with Crippen LogP contribution in [0.25, 0.3) is 0 Å². The molecule has 2 aromatic heterocycles. The molecule has 27 heavy (non-hydrogen) atoms. The standard InChI is InChI=1S/C20H28N4O2S/c1-14-18(15(2)26-22-14)13-24-19(25)5-7-20(24)6-4-9-23(10-8-20)12-17-11-21-16(3)27-17/h11H,4-10,12-13H2,1-3H3. The first-order valence-electron chi connectivity index (χ1n) is 9.83. The number of carbonyl (C=O) groups excluding carboxylic acids is 1. The highest BCUT2D eigenvalue weighted by atomic mass is 32.1. The number of carbonyl (C=O) groups is 1. The number of likely N-dealkylation sites (tertiary alicyclic amines) is 2. The number of hydrogen-bond donors (Lipinski definition) is 0. The van der Waals surface area contributed by atoms with Crippen molar-refractivity contribution in [3.05, 3.63) is 33.1 Å². The smallest absolute Gasteiger partial charge is 0.223 e. The Hall–Kier alpha value is -1.73. The van der Waals surface area contributed by atoms with E-state index < -0.39 is 0 Å². The van der Waals surface area contributed by atoms with E-state index in [1.165, 1.54) is 4.88 Å². The Kier molecular flexibility index (Phi) is 5.07. The Morgan fingerprint density at radius 1 is 1.19 bits per heavy atom. The summed E-state index contributed by atoms with van der Waals surface area (Å²) in [5.41, 5.74) is 1.97. The molecule has 2 fully saturated rings. The van der Waals surface area contributed by atoms with Crippen LogP contribution < -0.4 is 0 Å². The van der Waals surface area contributed by atoms with Crippen molar-refractivity contribution in [2.45, 2.75) is 71.5 Å². The number of amides is 1. The van der Waals surface area contributed by atoms with Gasteiger partial charge in [-0.05, 0) is 53.0 Å². The number of thiazole rings is 1. The van der Waals surface area contributed by atoms with Gasteiger partial charge >= 0.3 is 0 Å². The van der Waals surface area contributed by atoms with E-state index >= 15 is 0 Å². The maximum absolute atomic E-state index is 12.7. The van der Waals surface area contributed by atoms with Gasteiger partial charge < -0.3 is 9.42 Å². The molecule has 2 aromatic rings. The van der Waals surface area contributed by atoms with Crippen LogP contribution in [0, 0.1) is 20.8 Å². The molecule has 1 atom stereocenters. The van der Waals surface area contributed by atoms with Crippen molar-refractivity contribution >= 4 is 17.2 Å². The number of hydrogen-bond acceptors (Lipinski definition) is 6. The minimum absolute atomic E-state index is 0.00833. The lowest BCUT2D eigenvalue weighted by molar-refractivity contribution is -0.132. The van der Waals surface area contributed by atoms with Crippen LogP contribution in [0.2, 0.25) is 0 Å². The number of rotatable bonds is 4. The van der Waals surface area contributed by atoms with Crippen LogP contribution in [-0.2, 0) is 17.9 Å². The van der Waals surface area contributed by atoms with Gasteiger partial charge in [-0.1, -0.05) is 5.16 Å². The average molecular weight is 389 g/mol. The summed E-state index contributed by atoms with van der Waals surface area (Å²) in [5, 5.41) is 5.20. The first-order valence-corrected chi connectivity index (χ1v) is 10.6. The van der Waals surface area contributed by atoms with Crippen LogP contribution in [0.15, 0.2) is 10.7 Å². The quantitative estimate of drug-likeness (QED) is 0.801. The normalized spacial score (nSPS) is 24.1. The average Bonchev–Trinajstić information content (AvgIpc) is 3.22. The molecule has 7 heteroatoms. The van der Waals surface area contributed by atoms with Crippen LogP contribution in [0.3, 0.4) is 0 Å². The zero-order valence-electron chi connectivity index (χ0n) is 16.5. The molecule has 4 heterocycles. The molecule has 0 aromatic carbocycles. The van der Waals surface area contributed by atoms with Gasteiger partial charge in [0.1, 0.15) is 5.76 Å². The van der Waals surface area contributed by atoms with Gasteiger partial charge in [-0.3, -0.25) is 9.69 Å². The van der Waals surface area contributed by atoms with Crippen LogP contribution in [0.4, 0.5) is 0 Å². The maximum atomic E-state index is 12.7. The Bertz CT molecular complexity index is 810. The summed E-state index contributed by atoms with van der Waals surface area (Å²) >= 11 is 1.78. The first kappa shape index (κ1) is 18.6. The van der Waals surface area contributed by atoms with Crippen molar-refractivity contribution in [2.75, 3.05) is 13.1 Å². The number of nitrogens with zero attached hydrogens (tertiary/aromatic N) is 4. The highest BCUT2D eigenvalue weighted by Gasteiger charge is 2.46. The highest BCUT2D eigenvalue weighted by Crippen LogP contribution is 2.40. The first-order chi connectivity index (χ1) is 13.0. The molecule has 1 unspecified atom stereocenters. The van der Waals surface area contributed by atoms with E-state index in [-0.39, 0.29) is 11.4 Å². The second-order valence-electron chi connectivity index (χ2n) is 7.98. The summed E-state index contributed by atoms with van der Waals surface area (Å²) in [6, 6.07) is 0. The Balaban J connectivity index is 1.48. The Labute approximate surface area is 164 Å². The van der Waals surface area contributed by atoms with Crippen LogP contribution in [-0.4, -0.2) is 44.5 Å². The van der Waals surface area contributed by atoms with Crippen LogP contribution in [0.1, 0.15) is 59.0 Å². The van der Waals surface area contributed by atoms with E-state index in [4.69, 9.17) is 4.52 Å². The Morgan fingerprint density at radius 2 is 2.04 bits per heavy atom. The second kappa shape index (κ2) is 7.36. The molecule has 2 saturated heterocycles. The van der Waals surface area contributed by atoms with Gasteiger partial charge in [0.05, 0.1) is 17.2 Å². The topological polar surface area (TPSA) is 62.5 Å². The molecule has 146 valence electrons. The third kappa shape index (κ3) is 3.67. The molecule has 2 aliphatic heterocycles. The Morgan fingerprint density at radius 3 is 2.74 bits per heavy atom. The minimum atomic E-state index is -0.00833. The fraction of sp³-hybridized carbons (Fsp3) is 0.650. The molecule has 0 saturated carbocycles. The molecular formula is C20H28N4O2S. The van der Waals surface area contributed by atoms with Crippen molar-refractivity contribution in [3.63, 3.8) is 0 Å². The van der Waals surface area contributed by atoms with E-state index in [0.29, 0.717) is 13.0 Å². The lowest BCUT2D eigenvalue weighted by atomic mass is 9.87. The fourth-order valence-corrected chi connectivity index (χ4v) is 5.46.